The zero-order valence-corrected chi connectivity index (χ0v) is 13.8. The van der Waals surface area contributed by atoms with Crippen LogP contribution in [0.5, 0.6) is 0 Å². The second kappa shape index (κ2) is 6.31. The molecule has 0 N–H and O–H groups in total. The SMILES string of the molecule is CC(C)C1CCC(C(=O)Cc2csc3ccccc23)CC1. The Bertz CT molecular complexity index is 617. The Hall–Kier alpha value is -1.15. The molecule has 1 fully saturated rings. The molecule has 1 aromatic carbocycles. The van der Waals surface area contributed by atoms with Gasteiger partial charge >= 0.3 is 0 Å². The van der Waals surface area contributed by atoms with E-state index in [0.29, 0.717) is 18.1 Å². The van der Waals surface area contributed by atoms with Gasteiger partial charge in [0.1, 0.15) is 5.78 Å². The molecule has 112 valence electrons. The molecular formula is C19H24OS. The molecule has 0 saturated heterocycles. The molecule has 1 aromatic heterocycles. The fourth-order valence-corrected chi connectivity index (χ4v) is 4.57. The summed E-state index contributed by atoms with van der Waals surface area (Å²) in [6, 6.07) is 8.42. The van der Waals surface area contributed by atoms with Crippen molar-refractivity contribution in [1.82, 2.24) is 0 Å². The lowest BCUT2D eigenvalue weighted by atomic mass is 9.75. The molecular weight excluding hydrogens is 276 g/mol. The number of ketones is 1. The van der Waals surface area contributed by atoms with Gasteiger partial charge in [-0.05, 0) is 59.9 Å². The molecule has 1 saturated carbocycles. The molecule has 0 unspecified atom stereocenters. The van der Waals surface area contributed by atoms with Crippen molar-refractivity contribution < 1.29 is 4.79 Å². The van der Waals surface area contributed by atoms with Crippen molar-refractivity contribution in [3.8, 4) is 0 Å². The second-order valence-corrected chi connectivity index (χ2v) is 7.67. The van der Waals surface area contributed by atoms with Crippen LogP contribution < -0.4 is 0 Å². The van der Waals surface area contributed by atoms with Crippen LogP contribution in [0.4, 0.5) is 0 Å². The maximum absolute atomic E-state index is 12.6. The maximum atomic E-state index is 12.6. The lowest BCUT2D eigenvalue weighted by Gasteiger charge is -2.30. The van der Waals surface area contributed by atoms with Gasteiger partial charge in [-0.15, -0.1) is 11.3 Å². The minimum absolute atomic E-state index is 0.304. The van der Waals surface area contributed by atoms with Gasteiger partial charge < -0.3 is 0 Å². The predicted octanol–water partition coefficient (Wildman–Crippen LogP) is 5.48. The van der Waals surface area contributed by atoms with Crippen LogP contribution in [0.15, 0.2) is 29.6 Å². The zero-order chi connectivity index (χ0) is 14.8. The normalized spacial score (nSPS) is 22.8. The molecule has 1 aliphatic carbocycles. The van der Waals surface area contributed by atoms with Crippen LogP contribution in [0.25, 0.3) is 10.1 Å². The van der Waals surface area contributed by atoms with Gasteiger partial charge in [0.15, 0.2) is 0 Å². The molecule has 1 heterocycles. The lowest BCUT2D eigenvalue weighted by Crippen LogP contribution is -2.25. The molecule has 0 bridgehead atoms. The predicted molar refractivity (Wildman–Crippen MR) is 90.8 cm³/mol. The molecule has 0 atom stereocenters. The van der Waals surface area contributed by atoms with Crippen LogP contribution in [-0.4, -0.2) is 5.78 Å². The van der Waals surface area contributed by atoms with E-state index in [1.54, 1.807) is 11.3 Å². The quantitative estimate of drug-likeness (QED) is 0.731. The van der Waals surface area contributed by atoms with Crippen molar-refractivity contribution in [2.75, 3.05) is 0 Å². The van der Waals surface area contributed by atoms with Crippen molar-refractivity contribution in [2.24, 2.45) is 17.8 Å². The fourth-order valence-electron chi connectivity index (χ4n) is 3.61. The number of hydrogen-bond donors (Lipinski definition) is 0. The molecule has 0 amide bonds. The first-order chi connectivity index (χ1) is 10.1. The number of carbonyl (C=O) groups excluding carboxylic acids is 1. The van der Waals surface area contributed by atoms with E-state index in [1.807, 2.05) is 0 Å². The van der Waals surface area contributed by atoms with Crippen LogP contribution >= 0.6 is 11.3 Å². The zero-order valence-electron chi connectivity index (χ0n) is 13.0. The number of thiophene rings is 1. The number of fused-ring (bicyclic) bond motifs is 1. The van der Waals surface area contributed by atoms with Gasteiger partial charge in [-0.2, -0.15) is 0 Å². The van der Waals surface area contributed by atoms with Crippen molar-refractivity contribution in [3.63, 3.8) is 0 Å². The van der Waals surface area contributed by atoms with Crippen LogP contribution in [0.2, 0.25) is 0 Å². The second-order valence-electron chi connectivity index (χ2n) is 6.76. The summed E-state index contributed by atoms with van der Waals surface area (Å²) < 4.78 is 1.30. The fraction of sp³-hybridized carbons (Fsp3) is 0.526. The Balaban J connectivity index is 1.65. The first kappa shape index (κ1) is 14.8. The molecule has 0 radical (unpaired) electrons. The van der Waals surface area contributed by atoms with E-state index in [4.69, 9.17) is 0 Å². The highest BCUT2D eigenvalue weighted by molar-refractivity contribution is 7.17. The molecule has 2 heteroatoms. The summed E-state index contributed by atoms with van der Waals surface area (Å²) >= 11 is 1.75. The molecule has 2 aromatic rings. The van der Waals surface area contributed by atoms with Gasteiger partial charge in [-0.25, -0.2) is 0 Å². The standard InChI is InChI=1S/C19H24OS/c1-13(2)14-7-9-15(10-8-14)18(20)11-16-12-21-19-6-4-3-5-17(16)19/h3-6,12-15H,7-11H2,1-2H3. The molecule has 1 nitrogen and oxygen atoms in total. The van der Waals surface area contributed by atoms with E-state index < -0.39 is 0 Å². The van der Waals surface area contributed by atoms with Gasteiger partial charge in [0.2, 0.25) is 0 Å². The Labute approximate surface area is 131 Å². The Morgan fingerprint density at radius 3 is 2.62 bits per heavy atom. The molecule has 0 spiro atoms. The third-order valence-electron chi connectivity index (χ3n) is 5.10. The van der Waals surface area contributed by atoms with E-state index in [1.165, 1.54) is 28.5 Å². The molecule has 0 aliphatic heterocycles. The van der Waals surface area contributed by atoms with E-state index in [2.05, 4.69) is 43.5 Å². The number of carbonyl (C=O) groups is 1. The van der Waals surface area contributed by atoms with Crippen LogP contribution in [0, 0.1) is 17.8 Å². The minimum atomic E-state index is 0.304. The van der Waals surface area contributed by atoms with Crippen molar-refractivity contribution >= 4 is 27.2 Å². The van der Waals surface area contributed by atoms with Gasteiger partial charge in [-0.3, -0.25) is 4.79 Å². The molecule has 3 rings (SSSR count). The lowest BCUT2D eigenvalue weighted by molar-refractivity contribution is -0.123. The summed E-state index contributed by atoms with van der Waals surface area (Å²) in [6.45, 7) is 4.62. The highest BCUT2D eigenvalue weighted by Gasteiger charge is 2.27. The number of hydrogen-bond acceptors (Lipinski definition) is 2. The first-order valence-electron chi connectivity index (χ1n) is 8.13. The molecule has 1 aliphatic rings. The smallest absolute Gasteiger partial charge is 0.140 e. The largest absolute Gasteiger partial charge is 0.299 e. The summed E-state index contributed by atoms with van der Waals surface area (Å²) in [5.41, 5.74) is 1.23. The van der Waals surface area contributed by atoms with Crippen molar-refractivity contribution in [3.05, 3.63) is 35.2 Å². The third-order valence-corrected chi connectivity index (χ3v) is 6.11. The summed E-state index contributed by atoms with van der Waals surface area (Å²) in [6.07, 6.45) is 5.30. The van der Waals surface area contributed by atoms with Gasteiger partial charge in [-0.1, -0.05) is 32.0 Å². The number of benzene rings is 1. The van der Waals surface area contributed by atoms with E-state index >= 15 is 0 Å². The Morgan fingerprint density at radius 2 is 1.90 bits per heavy atom. The monoisotopic (exact) mass is 300 g/mol. The topological polar surface area (TPSA) is 17.1 Å². The highest BCUT2D eigenvalue weighted by atomic mass is 32.1. The average Bonchev–Trinajstić information content (AvgIpc) is 2.91. The summed E-state index contributed by atoms with van der Waals surface area (Å²) in [5, 5.41) is 3.44. The van der Waals surface area contributed by atoms with E-state index in [-0.39, 0.29) is 0 Å². The van der Waals surface area contributed by atoms with Crippen LogP contribution in [-0.2, 0) is 11.2 Å². The molecule has 21 heavy (non-hydrogen) atoms. The van der Waals surface area contributed by atoms with E-state index in [0.717, 1.165) is 24.7 Å². The van der Waals surface area contributed by atoms with Crippen LogP contribution in [0.3, 0.4) is 0 Å². The highest BCUT2D eigenvalue weighted by Crippen LogP contribution is 2.35. The minimum Gasteiger partial charge on any atom is -0.299 e. The maximum Gasteiger partial charge on any atom is 0.140 e. The first-order valence-corrected chi connectivity index (χ1v) is 9.01. The van der Waals surface area contributed by atoms with Crippen LogP contribution in [0.1, 0.15) is 45.1 Å². The van der Waals surface area contributed by atoms with Crippen molar-refractivity contribution in [2.45, 2.75) is 46.0 Å². The Kier molecular flexibility index (Phi) is 4.44. The summed E-state index contributed by atoms with van der Waals surface area (Å²) in [7, 11) is 0. The Morgan fingerprint density at radius 1 is 1.19 bits per heavy atom. The average molecular weight is 300 g/mol. The number of rotatable bonds is 4. The van der Waals surface area contributed by atoms with Gasteiger partial charge in [0, 0.05) is 17.0 Å². The third kappa shape index (κ3) is 3.21. The number of Topliss-reactive ketones (excluding diaryl/α,β-unsaturated/α-hetero) is 1. The summed E-state index contributed by atoms with van der Waals surface area (Å²) in [5.74, 6) is 2.36. The van der Waals surface area contributed by atoms with Gasteiger partial charge in [0.05, 0.1) is 0 Å². The van der Waals surface area contributed by atoms with Crippen molar-refractivity contribution in [1.29, 1.82) is 0 Å². The van der Waals surface area contributed by atoms with E-state index in [9.17, 15) is 4.79 Å². The summed E-state index contributed by atoms with van der Waals surface area (Å²) in [4.78, 5) is 12.6. The van der Waals surface area contributed by atoms with Gasteiger partial charge in [0.25, 0.3) is 0 Å².